The first-order chi connectivity index (χ1) is 11.9. The van der Waals surface area contributed by atoms with E-state index in [1.54, 1.807) is 30.0 Å². The Labute approximate surface area is 147 Å². The molecule has 1 amide bonds. The second-order valence-corrected chi connectivity index (χ2v) is 7.32. The summed E-state index contributed by atoms with van der Waals surface area (Å²) in [6, 6.07) is 7.14. The largest absolute Gasteiger partial charge is 0.393 e. The van der Waals surface area contributed by atoms with Crippen LogP contribution in [0.1, 0.15) is 37.7 Å². The number of benzene rings is 1. The molecule has 6 heteroatoms. The van der Waals surface area contributed by atoms with Gasteiger partial charge in [0.2, 0.25) is 0 Å². The smallest absolute Gasteiger partial charge is 0.274 e. The number of hydrogen-bond acceptors (Lipinski definition) is 4. The van der Waals surface area contributed by atoms with E-state index < -0.39 is 6.10 Å². The lowest BCUT2D eigenvalue weighted by Gasteiger charge is -2.19. The van der Waals surface area contributed by atoms with Crippen molar-refractivity contribution in [3.8, 4) is 0 Å². The highest BCUT2D eigenvalue weighted by Gasteiger charge is 2.31. The lowest BCUT2D eigenvalue weighted by Crippen LogP contribution is -2.34. The molecule has 0 spiro atoms. The summed E-state index contributed by atoms with van der Waals surface area (Å²) in [5.41, 5.74) is 0.159. The van der Waals surface area contributed by atoms with Crippen LogP contribution in [0, 0.1) is 11.8 Å². The van der Waals surface area contributed by atoms with Gasteiger partial charge in [0.25, 0.3) is 11.5 Å². The molecule has 1 aliphatic heterocycles. The number of hydrogen-bond donors (Lipinski definition) is 1. The molecule has 1 aromatic carbocycles. The SMILES string of the molecule is CC(C)Cn1nc(C(=O)N2CCC(C(C)O)C2)c2ccccc2c1=O. The summed E-state index contributed by atoms with van der Waals surface area (Å²) in [5, 5.41) is 15.3. The second-order valence-electron chi connectivity index (χ2n) is 7.32. The molecule has 1 aliphatic rings. The first-order valence-corrected chi connectivity index (χ1v) is 8.85. The Morgan fingerprint density at radius 2 is 1.96 bits per heavy atom. The summed E-state index contributed by atoms with van der Waals surface area (Å²) >= 11 is 0. The van der Waals surface area contributed by atoms with E-state index in [4.69, 9.17) is 0 Å². The third kappa shape index (κ3) is 3.44. The van der Waals surface area contributed by atoms with Crippen molar-refractivity contribution in [3.63, 3.8) is 0 Å². The summed E-state index contributed by atoms with van der Waals surface area (Å²) in [4.78, 5) is 27.4. The van der Waals surface area contributed by atoms with Gasteiger partial charge < -0.3 is 10.0 Å². The van der Waals surface area contributed by atoms with Crippen LogP contribution in [0.25, 0.3) is 10.8 Å². The normalized spacial score (nSPS) is 18.9. The standard InChI is InChI=1S/C19H25N3O3/c1-12(2)10-22-18(24)16-7-5-4-6-15(16)17(20-22)19(25)21-9-8-14(11-21)13(3)23/h4-7,12-14,23H,8-11H2,1-3H3. The van der Waals surface area contributed by atoms with Gasteiger partial charge in [0.1, 0.15) is 0 Å². The van der Waals surface area contributed by atoms with Crippen molar-refractivity contribution in [3.05, 3.63) is 40.3 Å². The van der Waals surface area contributed by atoms with Crippen LogP contribution in [-0.2, 0) is 6.54 Å². The average Bonchev–Trinajstić information content (AvgIpc) is 3.07. The fraction of sp³-hybridized carbons (Fsp3) is 0.526. The van der Waals surface area contributed by atoms with Crippen molar-refractivity contribution in [2.45, 2.75) is 39.8 Å². The van der Waals surface area contributed by atoms with E-state index in [0.717, 1.165) is 6.42 Å². The molecule has 2 heterocycles. The number of aliphatic hydroxyl groups excluding tert-OH is 1. The van der Waals surface area contributed by atoms with Crippen molar-refractivity contribution >= 4 is 16.7 Å². The van der Waals surface area contributed by atoms with Gasteiger partial charge in [-0.3, -0.25) is 9.59 Å². The Morgan fingerprint density at radius 1 is 1.28 bits per heavy atom. The molecule has 2 unspecified atom stereocenters. The molecule has 1 saturated heterocycles. The lowest BCUT2D eigenvalue weighted by atomic mass is 10.0. The zero-order valence-electron chi connectivity index (χ0n) is 15.0. The van der Waals surface area contributed by atoms with Gasteiger partial charge in [-0.25, -0.2) is 4.68 Å². The maximum atomic E-state index is 13.0. The van der Waals surface area contributed by atoms with Gasteiger partial charge in [-0.15, -0.1) is 0 Å². The van der Waals surface area contributed by atoms with E-state index in [2.05, 4.69) is 5.10 Å². The van der Waals surface area contributed by atoms with Gasteiger partial charge >= 0.3 is 0 Å². The first-order valence-electron chi connectivity index (χ1n) is 8.85. The number of rotatable bonds is 4. The molecule has 6 nitrogen and oxygen atoms in total. The number of nitrogens with zero attached hydrogens (tertiary/aromatic N) is 3. The van der Waals surface area contributed by atoms with Gasteiger partial charge in [0.05, 0.1) is 11.5 Å². The van der Waals surface area contributed by atoms with Crippen LogP contribution in [-0.4, -0.2) is 44.9 Å². The zero-order chi connectivity index (χ0) is 18.1. The molecule has 3 rings (SSSR count). The molecule has 2 aromatic rings. The van der Waals surface area contributed by atoms with E-state index in [-0.39, 0.29) is 23.3 Å². The molecule has 1 N–H and O–H groups in total. The molecule has 0 aliphatic carbocycles. The van der Waals surface area contributed by atoms with Crippen molar-refractivity contribution in [2.24, 2.45) is 11.8 Å². The fourth-order valence-corrected chi connectivity index (χ4v) is 3.38. The maximum absolute atomic E-state index is 13.0. The number of aromatic nitrogens is 2. The van der Waals surface area contributed by atoms with Gasteiger partial charge in [0.15, 0.2) is 5.69 Å². The number of aliphatic hydroxyl groups is 1. The third-order valence-corrected chi connectivity index (χ3v) is 4.80. The van der Waals surface area contributed by atoms with Crippen LogP contribution in [0.15, 0.2) is 29.1 Å². The van der Waals surface area contributed by atoms with Crippen LogP contribution in [0.5, 0.6) is 0 Å². The van der Waals surface area contributed by atoms with Gasteiger partial charge in [-0.1, -0.05) is 32.0 Å². The Balaban J connectivity index is 2.04. The average molecular weight is 343 g/mol. The Bertz CT molecular complexity index is 841. The van der Waals surface area contributed by atoms with E-state index in [1.165, 1.54) is 4.68 Å². The first kappa shape index (κ1) is 17.6. The molecule has 2 atom stereocenters. The van der Waals surface area contributed by atoms with Crippen LogP contribution in [0.2, 0.25) is 0 Å². The molecule has 134 valence electrons. The highest BCUT2D eigenvalue weighted by molar-refractivity contribution is 6.04. The van der Waals surface area contributed by atoms with E-state index in [0.29, 0.717) is 36.1 Å². The highest BCUT2D eigenvalue weighted by Crippen LogP contribution is 2.23. The van der Waals surface area contributed by atoms with Crippen molar-refractivity contribution in [1.29, 1.82) is 0 Å². The lowest BCUT2D eigenvalue weighted by molar-refractivity contribution is 0.0756. The molecular formula is C19H25N3O3. The van der Waals surface area contributed by atoms with Crippen LogP contribution < -0.4 is 5.56 Å². The minimum atomic E-state index is -0.433. The van der Waals surface area contributed by atoms with Crippen molar-refractivity contribution < 1.29 is 9.90 Å². The summed E-state index contributed by atoms with van der Waals surface area (Å²) < 4.78 is 1.41. The molecule has 0 bridgehead atoms. The zero-order valence-corrected chi connectivity index (χ0v) is 15.0. The fourth-order valence-electron chi connectivity index (χ4n) is 3.38. The molecule has 0 saturated carbocycles. The Hall–Kier alpha value is -2.21. The highest BCUT2D eigenvalue weighted by atomic mass is 16.3. The van der Waals surface area contributed by atoms with Gasteiger partial charge in [-0.05, 0) is 25.3 Å². The summed E-state index contributed by atoms with van der Waals surface area (Å²) in [6.07, 6.45) is 0.352. The molecule has 1 fully saturated rings. The molecular weight excluding hydrogens is 318 g/mol. The third-order valence-electron chi connectivity index (χ3n) is 4.80. The van der Waals surface area contributed by atoms with Crippen LogP contribution in [0.3, 0.4) is 0 Å². The molecule has 0 radical (unpaired) electrons. The van der Waals surface area contributed by atoms with Crippen molar-refractivity contribution in [2.75, 3.05) is 13.1 Å². The predicted molar refractivity (Wildman–Crippen MR) is 96.5 cm³/mol. The quantitative estimate of drug-likeness (QED) is 0.920. The van der Waals surface area contributed by atoms with Crippen LogP contribution >= 0.6 is 0 Å². The van der Waals surface area contributed by atoms with E-state index >= 15 is 0 Å². The monoisotopic (exact) mass is 343 g/mol. The Morgan fingerprint density at radius 3 is 2.56 bits per heavy atom. The van der Waals surface area contributed by atoms with Gasteiger partial charge in [0, 0.05) is 30.9 Å². The number of likely N-dealkylation sites (tertiary alicyclic amines) is 1. The molecule has 25 heavy (non-hydrogen) atoms. The summed E-state index contributed by atoms with van der Waals surface area (Å²) in [7, 11) is 0. The summed E-state index contributed by atoms with van der Waals surface area (Å²) in [6.45, 7) is 7.38. The number of carbonyl (C=O) groups excluding carboxylic acids is 1. The minimum absolute atomic E-state index is 0.0942. The molecule has 1 aromatic heterocycles. The maximum Gasteiger partial charge on any atom is 0.274 e. The second kappa shape index (κ2) is 6.96. The van der Waals surface area contributed by atoms with E-state index in [9.17, 15) is 14.7 Å². The van der Waals surface area contributed by atoms with Gasteiger partial charge in [-0.2, -0.15) is 5.10 Å². The minimum Gasteiger partial charge on any atom is -0.393 e. The van der Waals surface area contributed by atoms with E-state index in [1.807, 2.05) is 19.9 Å². The number of fused-ring (bicyclic) bond motifs is 1. The van der Waals surface area contributed by atoms with Crippen molar-refractivity contribution in [1.82, 2.24) is 14.7 Å². The van der Waals surface area contributed by atoms with Crippen LogP contribution in [0.4, 0.5) is 0 Å². The number of amides is 1. The predicted octanol–water partition coefficient (Wildman–Crippen LogP) is 1.90. The summed E-state index contributed by atoms with van der Waals surface area (Å²) in [5.74, 6) is 0.175. The topological polar surface area (TPSA) is 75.4 Å². The number of carbonyl (C=O) groups is 1. The Kier molecular flexibility index (Phi) is 4.90.